The topological polar surface area (TPSA) is 73.0 Å². The summed E-state index contributed by atoms with van der Waals surface area (Å²) in [6.07, 6.45) is 6.99. The van der Waals surface area contributed by atoms with E-state index in [2.05, 4.69) is 44.8 Å². The number of likely N-dealkylation sites (N-methyl/N-ethyl adjacent to an activating group) is 1. The lowest BCUT2D eigenvalue weighted by atomic mass is 9.95. The summed E-state index contributed by atoms with van der Waals surface area (Å²) in [6.45, 7) is 18.9. The van der Waals surface area contributed by atoms with Gasteiger partial charge in [0, 0.05) is 31.8 Å². The number of piperidine rings is 2. The van der Waals surface area contributed by atoms with Crippen molar-refractivity contribution in [1.29, 1.82) is 0 Å². The summed E-state index contributed by atoms with van der Waals surface area (Å²) in [4.78, 5) is 46.1. The molecule has 0 aromatic heterocycles. The molecule has 0 radical (unpaired) electrons. The summed E-state index contributed by atoms with van der Waals surface area (Å²) < 4.78 is 0. The Bertz CT molecular complexity index is 783. The zero-order valence-electron chi connectivity index (χ0n) is 24.3. The van der Waals surface area contributed by atoms with E-state index < -0.39 is 6.04 Å². The van der Waals surface area contributed by atoms with Crippen molar-refractivity contribution in [3.05, 3.63) is 11.6 Å². The lowest BCUT2D eigenvalue weighted by Crippen LogP contribution is -2.58. The lowest BCUT2D eigenvalue weighted by Gasteiger charge is -2.39. The minimum atomic E-state index is -0.604. The van der Waals surface area contributed by atoms with Crippen molar-refractivity contribution in [1.82, 2.24) is 20.0 Å². The number of nitrogens with one attached hydrogen (secondary N) is 1. The van der Waals surface area contributed by atoms with Crippen LogP contribution in [0.2, 0.25) is 0 Å². The minimum Gasteiger partial charge on any atom is -0.343 e. The Morgan fingerprint density at radius 1 is 0.917 bits per heavy atom. The Hall–Kier alpha value is -1.89. The van der Waals surface area contributed by atoms with Crippen molar-refractivity contribution >= 4 is 17.7 Å². The summed E-state index contributed by atoms with van der Waals surface area (Å²) in [5.74, 6) is 0.651. The number of nitrogens with zero attached hydrogens (tertiary/aromatic N) is 3. The average molecular weight is 505 g/mol. The molecule has 2 aliphatic rings. The van der Waals surface area contributed by atoms with Gasteiger partial charge in [0.1, 0.15) is 6.04 Å². The first-order valence-electron chi connectivity index (χ1n) is 14.2. The van der Waals surface area contributed by atoms with Crippen LogP contribution in [0, 0.1) is 17.8 Å². The second-order valence-electron chi connectivity index (χ2n) is 12.1. The highest BCUT2D eigenvalue weighted by molar-refractivity contribution is 5.93. The molecule has 1 N–H and O–H groups in total. The fourth-order valence-electron chi connectivity index (χ4n) is 5.52. The van der Waals surface area contributed by atoms with Gasteiger partial charge in [-0.1, -0.05) is 47.1 Å². The fraction of sp³-hybridized carbons (Fsp3) is 0.828. The van der Waals surface area contributed by atoms with Gasteiger partial charge >= 0.3 is 0 Å². The lowest BCUT2D eigenvalue weighted by molar-refractivity contribution is -0.140. The van der Waals surface area contributed by atoms with E-state index in [1.807, 2.05) is 31.7 Å². The molecule has 3 atom stereocenters. The van der Waals surface area contributed by atoms with Gasteiger partial charge in [0.2, 0.25) is 17.7 Å². The number of likely N-dealkylation sites (tertiary alicyclic amines) is 2. The Labute approximate surface area is 220 Å². The number of rotatable bonds is 9. The summed E-state index contributed by atoms with van der Waals surface area (Å²) in [6, 6.07) is -0.736. The monoisotopic (exact) mass is 504 g/mol. The highest BCUT2D eigenvalue weighted by atomic mass is 16.2. The first-order valence-corrected chi connectivity index (χ1v) is 14.2. The van der Waals surface area contributed by atoms with E-state index in [4.69, 9.17) is 0 Å². The fourth-order valence-corrected chi connectivity index (χ4v) is 5.52. The van der Waals surface area contributed by atoms with Crippen LogP contribution in [0.3, 0.4) is 0 Å². The first kappa shape index (κ1) is 30.3. The molecule has 2 rings (SSSR count). The summed E-state index contributed by atoms with van der Waals surface area (Å²) in [7, 11) is 1.80. The predicted molar refractivity (Wildman–Crippen MR) is 146 cm³/mol. The maximum atomic E-state index is 13.7. The Kier molecular flexibility index (Phi) is 11.5. The third kappa shape index (κ3) is 7.80. The van der Waals surface area contributed by atoms with Gasteiger partial charge in [0.05, 0.1) is 12.1 Å². The number of carbonyl (C=O) groups is 3. The number of carbonyl (C=O) groups excluding carboxylic acids is 3. The molecule has 3 amide bonds. The zero-order valence-corrected chi connectivity index (χ0v) is 24.3. The number of hydrogen-bond donors (Lipinski definition) is 1. The molecule has 7 nitrogen and oxygen atoms in total. The van der Waals surface area contributed by atoms with Crippen LogP contribution in [-0.2, 0) is 14.4 Å². The normalized spacial score (nSPS) is 22.2. The van der Waals surface area contributed by atoms with Crippen molar-refractivity contribution in [3.8, 4) is 0 Å². The molecule has 2 heterocycles. The average Bonchev–Trinajstić information content (AvgIpc) is 2.84. The highest BCUT2D eigenvalue weighted by Gasteiger charge is 2.36. The summed E-state index contributed by atoms with van der Waals surface area (Å²) in [5, 5.41) is 3.11. The molecule has 36 heavy (non-hydrogen) atoms. The van der Waals surface area contributed by atoms with Crippen LogP contribution in [0.1, 0.15) is 87.5 Å². The van der Waals surface area contributed by atoms with E-state index in [1.165, 1.54) is 0 Å². The van der Waals surface area contributed by atoms with E-state index in [-0.39, 0.29) is 47.7 Å². The largest absolute Gasteiger partial charge is 0.343 e. The van der Waals surface area contributed by atoms with Crippen LogP contribution < -0.4 is 5.32 Å². The molecule has 206 valence electrons. The standard InChI is InChI=1S/C29H52N4O3/c1-19(2)25(18-23(8)28(35)32-16-13-22(7)14-17-32)31(9)29(36)26(20(3)4)30-27(34)24-12-10-11-15-33(24)21(5)6/h18-22,24-26H,10-17H2,1-9H3,(H,30,34)/b23-18+/t24?,25-,26?/m1/s1. The predicted octanol–water partition coefficient (Wildman–Crippen LogP) is 4.08. The van der Waals surface area contributed by atoms with Crippen molar-refractivity contribution < 1.29 is 14.4 Å². The third-order valence-corrected chi connectivity index (χ3v) is 8.05. The van der Waals surface area contributed by atoms with Gasteiger partial charge in [-0.3, -0.25) is 19.3 Å². The maximum Gasteiger partial charge on any atom is 0.249 e. The molecule has 2 fully saturated rings. The maximum absolute atomic E-state index is 13.7. The summed E-state index contributed by atoms with van der Waals surface area (Å²) in [5.41, 5.74) is 0.683. The zero-order chi connectivity index (χ0) is 27.2. The SMILES string of the molecule is C/C(=C\[C@H](C(C)C)N(C)C(=O)C(NC(=O)C1CCCCN1C(C)C)C(C)C)C(=O)N1CCC(C)CC1. The van der Waals surface area contributed by atoms with Crippen LogP contribution >= 0.6 is 0 Å². The van der Waals surface area contributed by atoms with Gasteiger partial charge in [0.25, 0.3) is 0 Å². The molecule has 0 spiro atoms. The van der Waals surface area contributed by atoms with E-state index >= 15 is 0 Å². The molecule has 2 unspecified atom stereocenters. The number of amides is 3. The van der Waals surface area contributed by atoms with Gasteiger partial charge in [0.15, 0.2) is 0 Å². The second-order valence-corrected chi connectivity index (χ2v) is 12.1. The van der Waals surface area contributed by atoms with Crippen LogP contribution in [0.4, 0.5) is 0 Å². The van der Waals surface area contributed by atoms with Gasteiger partial charge < -0.3 is 15.1 Å². The Balaban J connectivity index is 2.16. The molecule has 0 aromatic carbocycles. The van der Waals surface area contributed by atoms with Crippen LogP contribution in [0.25, 0.3) is 0 Å². The molecule has 0 bridgehead atoms. The van der Waals surface area contributed by atoms with E-state index in [0.717, 1.165) is 51.7 Å². The number of hydrogen-bond acceptors (Lipinski definition) is 4. The summed E-state index contributed by atoms with van der Waals surface area (Å²) >= 11 is 0. The van der Waals surface area contributed by atoms with Crippen molar-refractivity contribution in [2.45, 2.75) is 112 Å². The Morgan fingerprint density at radius 3 is 2.06 bits per heavy atom. The molecule has 7 heteroatoms. The van der Waals surface area contributed by atoms with E-state index in [0.29, 0.717) is 11.5 Å². The molecular formula is C29H52N4O3. The molecule has 2 aliphatic heterocycles. The molecule has 0 aromatic rings. The molecule has 0 aliphatic carbocycles. The van der Waals surface area contributed by atoms with Crippen LogP contribution in [0.15, 0.2) is 11.6 Å². The van der Waals surface area contributed by atoms with E-state index in [9.17, 15) is 14.4 Å². The molecular weight excluding hydrogens is 452 g/mol. The third-order valence-electron chi connectivity index (χ3n) is 8.05. The smallest absolute Gasteiger partial charge is 0.249 e. The van der Waals surface area contributed by atoms with E-state index in [1.54, 1.807) is 11.9 Å². The Morgan fingerprint density at radius 2 is 1.53 bits per heavy atom. The molecule has 2 saturated heterocycles. The van der Waals surface area contributed by atoms with Crippen molar-refractivity contribution in [3.63, 3.8) is 0 Å². The van der Waals surface area contributed by atoms with Gasteiger partial charge in [-0.2, -0.15) is 0 Å². The van der Waals surface area contributed by atoms with Gasteiger partial charge in [-0.25, -0.2) is 0 Å². The van der Waals surface area contributed by atoms with Gasteiger partial charge in [-0.15, -0.1) is 0 Å². The van der Waals surface area contributed by atoms with Crippen LogP contribution in [0.5, 0.6) is 0 Å². The van der Waals surface area contributed by atoms with Crippen LogP contribution in [-0.4, -0.2) is 83.3 Å². The van der Waals surface area contributed by atoms with Crippen molar-refractivity contribution in [2.75, 3.05) is 26.7 Å². The van der Waals surface area contributed by atoms with Crippen molar-refractivity contribution in [2.24, 2.45) is 17.8 Å². The second kappa shape index (κ2) is 13.6. The highest BCUT2D eigenvalue weighted by Crippen LogP contribution is 2.22. The molecule has 0 saturated carbocycles. The van der Waals surface area contributed by atoms with Gasteiger partial charge in [-0.05, 0) is 70.8 Å². The quantitative estimate of drug-likeness (QED) is 0.480. The first-order chi connectivity index (χ1) is 16.8. The minimum absolute atomic E-state index is 0.0464.